The molecule has 0 aliphatic heterocycles. The SMILES string of the molecule is Cc1nn(C(C)C)cc1C(=O)N(C)c1ccc(F)cc1C#N. The number of benzene rings is 1. The van der Waals surface area contributed by atoms with Crippen molar-refractivity contribution in [2.75, 3.05) is 11.9 Å². The van der Waals surface area contributed by atoms with Gasteiger partial charge in [-0.05, 0) is 39.0 Å². The first kappa shape index (κ1) is 15.7. The largest absolute Gasteiger partial charge is 0.310 e. The highest BCUT2D eigenvalue weighted by atomic mass is 19.1. The van der Waals surface area contributed by atoms with E-state index in [1.807, 2.05) is 19.9 Å². The number of hydrogen-bond acceptors (Lipinski definition) is 3. The molecule has 0 spiro atoms. The fourth-order valence-corrected chi connectivity index (χ4v) is 2.14. The summed E-state index contributed by atoms with van der Waals surface area (Å²) in [5, 5.41) is 13.4. The van der Waals surface area contributed by atoms with Gasteiger partial charge in [0.1, 0.15) is 11.9 Å². The summed E-state index contributed by atoms with van der Waals surface area (Å²) in [7, 11) is 1.56. The molecule has 114 valence electrons. The van der Waals surface area contributed by atoms with Gasteiger partial charge in [0.15, 0.2) is 0 Å². The van der Waals surface area contributed by atoms with Crippen LogP contribution in [-0.4, -0.2) is 22.7 Å². The third-order valence-electron chi connectivity index (χ3n) is 3.42. The van der Waals surface area contributed by atoms with Crippen LogP contribution in [-0.2, 0) is 0 Å². The fraction of sp³-hybridized carbons (Fsp3) is 0.312. The quantitative estimate of drug-likeness (QED) is 0.875. The van der Waals surface area contributed by atoms with E-state index in [-0.39, 0.29) is 17.5 Å². The summed E-state index contributed by atoms with van der Waals surface area (Å²) >= 11 is 0. The summed E-state index contributed by atoms with van der Waals surface area (Å²) in [5.74, 6) is -0.794. The molecule has 1 aromatic carbocycles. The van der Waals surface area contributed by atoms with Gasteiger partial charge >= 0.3 is 0 Å². The van der Waals surface area contributed by atoms with Gasteiger partial charge in [-0.1, -0.05) is 0 Å². The topological polar surface area (TPSA) is 61.9 Å². The van der Waals surface area contributed by atoms with Gasteiger partial charge in [0, 0.05) is 19.3 Å². The third kappa shape index (κ3) is 2.84. The molecule has 1 amide bonds. The first-order chi connectivity index (χ1) is 10.3. The zero-order valence-electron chi connectivity index (χ0n) is 13.0. The van der Waals surface area contributed by atoms with Crippen LogP contribution in [0.5, 0.6) is 0 Å². The van der Waals surface area contributed by atoms with Crippen LogP contribution in [0.4, 0.5) is 10.1 Å². The number of nitriles is 1. The zero-order chi connectivity index (χ0) is 16.4. The molecule has 0 aliphatic rings. The van der Waals surface area contributed by atoms with Gasteiger partial charge in [0.25, 0.3) is 5.91 Å². The lowest BCUT2D eigenvalue weighted by Gasteiger charge is -2.18. The zero-order valence-corrected chi connectivity index (χ0v) is 13.0. The van der Waals surface area contributed by atoms with Gasteiger partial charge in [-0.2, -0.15) is 10.4 Å². The average molecular weight is 300 g/mol. The first-order valence-corrected chi connectivity index (χ1v) is 6.88. The van der Waals surface area contributed by atoms with E-state index in [0.717, 1.165) is 6.07 Å². The van der Waals surface area contributed by atoms with Crippen molar-refractivity contribution in [3.63, 3.8) is 0 Å². The Labute approximate surface area is 128 Å². The van der Waals surface area contributed by atoms with Gasteiger partial charge in [-0.15, -0.1) is 0 Å². The Morgan fingerprint density at radius 2 is 2.14 bits per heavy atom. The second-order valence-corrected chi connectivity index (χ2v) is 5.34. The summed E-state index contributed by atoms with van der Waals surface area (Å²) in [6, 6.07) is 5.82. The van der Waals surface area contributed by atoms with Gasteiger partial charge in [0.05, 0.1) is 22.5 Å². The van der Waals surface area contributed by atoms with Gasteiger partial charge in [-0.3, -0.25) is 9.48 Å². The monoisotopic (exact) mass is 300 g/mol. The highest BCUT2D eigenvalue weighted by Gasteiger charge is 2.21. The maximum atomic E-state index is 13.2. The van der Waals surface area contributed by atoms with Crippen molar-refractivity contribution in [3.8, 4) is 6.07 Å². The molecule has 5 nitrogen and oxygen atoms in total. The molecule has 2 rings (SSSR count). The molecule has 0 aliphatic carbocycles. The van der Waals surface area contributed by atoms with Crippen LogP contribution in [0, 0.1) is 24.1 Å². The molecule has 0 bridgehead atoms. The number of amides is 1. The molecule has 0 atom stereocenters. The molecule has 0 unspecified atom stereocenters. The van der Waals surface area contributed by atoms with Gasteiger partial charge in [0.2, 0.25) is 0 Å². The molecule has 0 radical (unpaired) electrons. The predicted molar refractivity (Wildman–Crippen MR) is 81.2 cm³/mol. The lowest BCUT2D eigenvalue weighted by molar-refractivity contribution is 0.0992. The number of nitrogens with zero attached hydrogens (tertiary/aromatic N) is 4. The van der Waals surface area contributed by atoms with Crippen molar-refractivity contribution < 1.29 is 9.18 Å². The molecule has 0 N–H and O–H groups in total. The number of halogens is 1. The fourth-order valence-electron chi connectivity index (χ4n) is 2.14. The van der Waals surface area contributed by atoms with Crippen molar-refractivity contribution in [2.24, 2.45) is 0 Å². The van der Waals surface area contributed by atoms with Crippen LogP contribution in [0.25, 0.3) is 0 Å². The number of carbonyl (C=O) groups is 1. The Morgan fingerprint density at radius 3 is 2.68 bits per heavy atom. The summed E-state index contributed by atoms with van der Waals surface area (Å²) in [4.78, 5) is 14.0. The van der Waals surface area contributed by atoms with E-state index in [1.54, 1.807) is 24.9 Å². The minimum Gasteiger partial charge on any atom is -0.310 e. The van der Waals surface area contributed by atoms with E-state index in [2.05, 4.69) is 5.10 Å². The number of hydrogen-bond donors (Lipinski definition) is 0. The van der Waals surface area contributed by atoms with Crippen molar-refractivity contribution in [1.29, 1.82) is 5.26 Å². The first-order valence-electron chi connectivity index (χ1n) is 6.88. The standard InChI is InChI=1S/C16H17FN4O/c1-10(2)21-9-14(11(3)19-21)16(22)20(4)15-6-5-13(17)7-12(15)8-18/h5-7,9-10H,1-4H3. The maximum Gasteiger partial charge on any atom is 0.261 e. The van der Waals surface area contributed by atoms with Crippen LogP contribution in [0.2, 0.25) is 0 Å². The van der Waals surface area contributed by atoms with E-state index in [9.17, 15) is 9.18 Å². The summed E-state index contributed by atoms with van der Waals surface area (Å²) in [6.07, 6.45) is 1.69. The summed E-state index contributed by atoms with van der Waals surface area (Å²) in [5.41, 5.74) is 1.56. The number of aromatic nitrogens is 2. The van der Waals surface area contributed by atoms with Crippen molar-refractivity contribution >= 4 is 11.6 Å². The number of rotatable bonds is 3. The van der Waals surface area contributed by atoms with E-state index in [1.165, 1.54) is 17.0 Å². The molecule has 0 saturated carbocycles. The Balaban J connectivity index is 2.40. The Kier molecular flexibility index (Phi) is 4.27. The summed E-state index contributed by atoms with van der Waals surface area (Å²) in [6.45, 7) is 5.70. The van der Waals surface area contributed by atoms with Crippen molar-refractivity contribution in [1.82, 2.24) is 9.78 Å². The minimum atomic E-state index is -0.509. The third-order valence-corrected chi connectivity index (χ3v) is 3.42. The molecular weight excluding hydrogens is 283 g/mol. The smallest absolute Gasteiger partial charge is 0.261 e. The van der Waals surface area contributed by atoms with Crippen molar-refractivity contribution in [2.45, 2.75) is 26.8 Å². The van der Waals surface area contributed by atoms with Gasteiger partial charge < -0.3 is 4.90 Å². The molecule has 22 heavy (non-hydrogen) atoms. The minimum absolute atomic E-state index is 0.116. The highest BCUT2D eigenvalue weighted by Crippen LogP contribution is 2.23. The molecular formula is C16H17FN4O. The molecule has 1 heterocycles. The molecule has 0 saturated heterocycles. The van der Waals surface area contributed by atoms with Crippen molar-refractivity contribution in [3.05, 3.63) is 47.0 Å². The second-order valence-electron chi connectivity index (χ2n) is 5.34. The molecule has 1 aromatic heterocycles. The van der Waals surface area contributed by atoms with Crippen LogP contribution in [0.3, 0.4) is 0 Å². The van der Waals surface area contributed by atoms with Crippen LogP contribution < -0.4 is 4.90 Å². The van der Waals surface area contributed by atoms with Crippen LogP contribution in [0.1, 0.15) is 41.5 Å². The predicted octanol–water partition coefficient (Wildman–Crippen LogP) is 3.06. The second kappa shape index (κ2) is 5.98. The number of anilines is 1. The highest BCUT2D eigenvalue weighted by molar-refractivity contribution is 6.06. The Morgan fingerprint density at radius 1 is 1.45 bits per heavy atom. The number of aryl methyl sites for hydroxylation is 1. The average Bonchev–Trinajstić information content (AvgIpc) is 2.87. The van der Waals surface area contributed by atoms with E-state index in [4.69, 9.17) is 5.26 Å². The molecule has 2 aromatic rings. The van der Waals surface area contributed by atoms with Crippen LogP contribution in [0.15, 0.2) is 24.4 Å². The normalized spacial score (nSPS) is 10.6. The Hall–Kier alpha value is -2.68. The Bertz CT molecular complexity index is 758. The van der Waals surface area contributed by atoms with E-state index in [0.29, 0.717) is 16.9 Å². The van der Waals surface area contributed by atoms with E-state index < -0.39 is 5.82 Å². The van der Waals surface area contributed by atoms with Gasteiger partial charge in [-0.25, -0.2) is 4.39 Å². The lowest BCUT2D eigenvalue weighted by atomic mass is 10.1. The lowest BCUT2D eigenvalue weighted by Crippen LogP contribution is -2.27. The number of carbonyl (C=O) groups excluding carboxylic acids is 1. The molecule has 6 heteroatoms. The van der Waals surface area contributed by atoms with E-state index >= 15 is 0 Å². The van der Waals surface area contributed by atoms with Crippen LogP contribution >= 0.6 is 0 Å². The molecule has 0 fully saturated rings. The maximum absolute atomic E-state index is 13.2. The summed E-state index contributed by atoms with van der Waals surface area (Å²) < 4.78 is 14.9.